The van der Waals surface area contributed by atoms with Gasteiger partial charge in [-0.1, -0.05) is 38.1 Å². The molecule has 0 spiro atoms. The highest BCUT2D eigenvalue weighted by atomic mass is 32.2. The van der Waals surface area contributed by atoms with Crippen LogP contribution in [0.1, 0.15) is 42.3 Å². The van der Waals surface area contributed by atoms with Gasteiger partial charge in [0.2, 0.25) is 10.0 Å². The first-order valence-electron chi connectivity index (χ1n) is 9.92. The van der Waals surface area contributed by atoms with Gasteiger partial charge in [-0.25, -0.2) is 8.42 Å². The zero-order chi connectivity index (χ0) is 21.2. The monoisotopic (exact) mass is 416 g/mol. The summed E-state index contributed by atoms with van der Waals surface area (Å²) in [6.07, 6.45) is 0. The van der Waals surface area contributed by atoms with E-state index >= 15 is 0 Å². The Bertz CT molecular complexity index is 1000. The minimum absolute atomic E-state index is 0.141. The van der Waals surface area contributed by atoms with E-state index in [-0.39, 0.29) is 16.8 Å². The summed E-state index contributed by atoms with van der Waals surface area (Å²) in [5.41, 5.74) is 2.10. The smallest absolute Gasteiger partial charge is 0.254 e. The topological polar surface area (TPSA) is 66.9 Å². The van der Waals surface area contributed by atoms with Crippen molar-refractivity contribution in [3.8, 4) is 5.75 Å². The van der Waals surface area contributed by atoms with Crippen LogP contribution in [0, 0.1) is 6.92 Å². The summed E-state index contributed by atoms with van der Waals surface area (Å²) in [6.45, 7) is 8.95. The molecule has 0 radical (unpaired) electrons. The molecule has 156 valence electrons. The molecule has 2 aromatic rings. The van der Waals surface area contributed by atoms with Crippen molar-refractivity contribution in [1.82, 2.24) is 9.21 Å². The Balaban J connectivity index is 1.99. The Kier molecular flexibility index (Phi) is 6.29. The number of fused-ring (bicyclic) bond motifs is 1. The number of nitrogens with zero attached hydrogens (tertiary/aromatic N) is 2. The van der Waals surface area contributed by atoms with Crippen LogP contribution in [-0.4, -0.2) is 49.3 Å². The molecule has 1 heterocycles. The molecule has 0 saturated carbocycles. The minimum atomic E-state index is -3.64. The van der Waals surface area contributed by atoms with Crippen LogP contribution in [-0.2, 0) is 16.6 Å². The van der Waals surface area contributed by atoms with Gasteiger partial charge in [0, 0.05) is 24.2 Å². The number of hydrogen-bond donors (Lipinski definition) is 0. The molecule has 1 atom stereocenters. The van der Waals surface area contributed by atoms with Gasteiger partial charge in [0.1, 0.15) is 12.4 Å². The van der Waals surface area contributed by atoms with E-state index in [2.05, 4.69) is 0 Å². The molecule has 7 heteroatoms. The third kappa shape index (κ3) is 4.16. The normalized spacial score (nSPS) is 16.9. The van der Waals surface area contributed by atoms with Gasteiger partial charge >= 0.3 is 0 Å². The Morgan fingerprint density at radius 2 is 1.86 bits per heavy atom. The maximum Gasteiger partial charge on any atom is 0.254 e. The molecular weight excluding hydrogens is 388 g/mol. The van der Waals surface area contributed by atoms with Crippen LogP contribution >= 0.6 is 0 Å². The van der Waals surface area contributed by atoms with E-state index < -0.39 is 10.0 Å². The molecule has 0 unspecified atom stereocenters. The highest BCUT2D eigenvalue weighted by Crippen LogP contribution is 2.27. The van der Waals surface area contributed by atoms with Crippen molar-refractivity contribution in [1.29, 1.82) is 0 Å². The molecule has 0 aliphatic carbocycles. The van der Waals surface area contributed by atoms with Gasteiger partial charge < -0.3 is 9.64 Å². The summed E-state index contributed by atoms with van der Waals surface area (Å²) in [5, 5.41) is 0. The summed E-state index contributed by atoms with van der Waals surface area (Å²) in [4.78, 5) is 15.3. The van der Waals surface area contributed by atoms with Crippen molar-refractivity contribution in [3.05, 3.63) is 59.2 Å². The molecule has 6 nitrogen and oxygen atoms in total. The molecule has 1 aliphatic heterocycles. The number of carbonyl (C=O) groups is 1. The van der Waals surface area contributed by atoms with Crippen molar-refractivity contribution in [3.63, 3.8) is 0 Å². The van der Waals surface area contributed by atoms with Gasteiger partial charge in [-0.2, -0.15) is 4.31 Å². The first kappa shape index (κ1) is 21.3. The van der Waals surface area contributed by atoms with Crippen molar-refractivity contribution in [2.24, 2.45) is 0 Å². The Hall–Kier alpha value is -2.38. The fourth-order valence-corrected chi connectivity index (χ4v) is 5.03. The lowest BCUT2D eigenvalue weighted by molar-refractivity contribution is 0.0644. The molecule has 3 rings (SSSR count). The zero-order valence-electron chi connectivity index (χ0n) is 17.4. The fourth-order valence-electron chi connectivity index (χ4n) is 3.55. The first-order valence-corrected chi connectivity index (χ1v) is 11.4. The molecule has 0 fully saturated rings. The molecule has 29 heavy (non-hydrogen) atoms. The van der Waals surface area contributed by atoms with Crippen LogP contribution in [0.15, 0.2) is 47.4 Å². The Morgan fingerprint density at radius 3 is 2.55 bits per heavy atom. The maximum absolute atomic E-state index is 13.4. The number of para-hydroxylation sites is 1. The summed E-state index contributed by atoms with van der Waals surface area (Å²) >= 11 is 0. The average molecular weight is 417 g/mol. The fraction of sp³-hybridized carbons (Fsp3) is 0.409. The predicted octanol–water partition coefficient (Wildman–Crippen LogP) is 3.45. The molecule has 0 bridgehead atoms. The summed E-state index contributed by atoms with van der Waals surface area (Å²) in [6, 6.07) is 12.3. The summed E-state index contributed by atoms with van der Waals surface area (Å²) in [7, 11) is -3.64. The number of sulfonamides is 1. The predicted molar refractivity (Wildman–Crippen MR) is 113 cm³/mol. The van der Waals surface area contributed by atoms with Crippen LogP contribution in [0.2, 0.25) is 0 Å². The summed E-state index contributed by atoms with van der Waals surface area (Å²) < 4.78 is 33.1. The average Bonchev–Trinajstić information content (AvgIpc) is 2.87. The van der Waals surface area contributed by atoms with E-state index in [0.29, 0.717) is 31.8 Å². The van der Waals surface area contributed by atoms with E-state index in [1.54, 1.807) is 30.9 Å². The van der Waals surface area contributed by atoms with Gasteiger partial charge in [0.25, 0.3) is 5.91 Å². The van der Waals surface area contributed by atoms with Gasteiger partial charge in [0.05, 0.1) is 17.5 Å². The first-order chi connectivity index (χ1) is 13.8. The van der Waals surface area contributed by atoms with Crippen molar-refractivity contribution in [2.45, 2.75) is 45.2 Å². The summed E-state index contributed by atoms with van der Waals surface area (Å²) in [5.74, 6) is 0.594. The SMILES string of the molecule is CCN(CC)S(=O)(=O)c1ccc(C)c(C(=O)N2Cc3ccccc3OC[C@@H]2C)c1. The Morgan fingerprint density at radius 1 is 1.17 bits per heavy atom. The van der Waals surface area contributed by atoms with E-state index in [1.807, 2.05) is 38.1 Å². The number of aryl methyl sites for hydroxylation is 1. The standard InChI is InChI=1S/C22H28N2O4S/c1-5-23(6-2)29(26,27)19-12-11-16(3)20(13-19)22(25)24-14-18-9-7-8-10-21(18)28-15-17(24)4/h7-13,17H,5-6,14-15H2,1-4H3/t17-/m0/s1. The minimum Gasteiger partial charge on any atom is -0.491 e. The second kappa shape index (κ2) is 8.55. The van der Waals surface area contributed by atoms with Crippen LogP contribution in [0.4, 0.5) is 0 Å². The number of amides is 1. The number of rotatable bonds is 5. The van der Waals surface area contributed by atoms with E-state index in [9.17, 15) is 13.2 Å². The molecule has 0 saturated heterocycles. The van der Waals surface area contributed by atoms with Crippen molar-refractivity contribution >= 4 is 15.9 Å². The Labute approximate surface area is 173 Å². The van der Waals surface area contributed by atoms with Crippen LogP contribution in [0.5, 0.6) is 5.75 Å². The molecule has 1 amide bonds. The molecule has 0 aromatic heterocycles. The number of ether oxygens (including phenoxy) is 1. The van der Waals surface area contributed by atoms with E-state index in [0.717, 1.165) is 16.9 Å². The quantitative estimate of drug-likeness (QED) is 0.749. The highest BCUT2D eigenvalue weighted by molar-refractivity contribution is 7.89. The van der Waals surface area contributed by atoms with Crippen LogP contribution in [0.3, 0.4) is 0 Å². The third-order valence-corrected chi connectivity index (χ3v) is 7.41. The highest BCUT2D eigenvalue weighted by Gasteiger charge is 2.29. The molecule has 0 N–H and O–H groups in total. The lowest BCUT2D eigenvalue weighted by Gasteiger charge is -2.27. The van der Waals surface area contributed by atoms with E-state index in [4.69, 9.17) is 4.74 Å². The molecular formula is C22H28N2O4S. The molecule has 1 aliphatic rings. The van der Waals surface area contributed by atoms with Crippen LogP contribution < -0.4 is 4.74 Å². The van der Waals surface area contributed by atoms with Gasteiger partial charge in [-0.15, -0.1) is 0 Å². The van der Waals surface area contributed by atoms with Gasteiger partial charge in [0.15, 0.2) is 0 Å². The number of benzene rings is 2. The maximum atomic E-state index is 13.4. The van der Waals surface area contributed by atoms with Gasteiger partial charge in [-0.3, -0.25) is 4.79 Å². The van der Waals surface area contributed by atoms with Gasteiger partial charge in [-0.05, 0) is 37.6 Å². The second-order valence-electron chi connectivity index (χ2n) is 7.27. The largest absolute Gasteiger partial charge is 0.491 e. The number of carbonyl (C=O) groups excluding carboxylic acids is 1. The molecule has 2 aromatic carbocycles. The number of hydrogen-bond acceptors (Lipinski definition) is 4. The van der Waals surface area contributed by atoms with Crippen LogP contribution in [0.25, 0.3) is 0 Å². The second-order valence-corrected chi connectivity index (χ2v) is 9.20. The lowest BCUT2D eigenvalue weighted by atomic mass is 10.1. The van der Waals surface area contributed by atoms with Crippen molar-refractivity contribution < 1.29 is 17.9 Å². The van der Waals surface area contributed by atoms with E-state index in [1.165, 1.54) is 10.4 Å². The third-order valence-electron chi connectivity index (χ3n) is 5.37. The van der Waals surface area contributed by atoms with Crippen molar-refractivity contribution in [2.75, 3.05) is 19.7 Å². The lowest BCUT2D eigenvalue weighted by Crippen LogP contribution is -2.40. The zero-order valence-corrected chi connectivity index (χ0v) is 18.2.